The van der Waals surface area contributed by atoms with Crippen molar-refractivity contribution in [3.8, 4) is 0 Å². The molecule has 0 aliphatic carbocycles. The number of hydrogen-bond acceptors (Lipinski definition) is 3. The fourth-order valence-electron chi connectivity index (χ4n) is 1.52. The molecule has 0 saturated carbocycles. The Morgan fingerprint density at radius 1 is 1.37 bits per heavy atom. The van der Waals surface area contributed by atoms with Gasteiger partial charge >= 0.3 is 6.18 Å². The minimum absolute atomic E-state index is 0.0557. The van der Waals surface area contributed by atoms with Crippen LogP contribution in [0.15, 0.2) is 24.4 Å². The van der Waals surface area contributed by atoms with E-state index in [0.29, 0.717) is 17.2 Å². The molecule has 3 N–H and O–H groups in total. The van der Waals surface area contributed by atoms with Gasteiger partial charge < -0.3 is 11.1 Å². The molecule has 0 amide bonds. The molecule has 0 aliphatic heterocycles. The maximum absolute atomic E-state index is 12.5. The summed E-state index contributed by atoms with van der Waals surface area (Å²) in [4.78, 5) is 0. The summed E-state index contributed by atoms with van der Waals surface area (Å²) in [6.45, 7) is 0. The van der Waals surface area contributed by atoms with E-state index in [2.05, 4.69) is 10.4 Å². The Morgan fingerprint density at radius 3 is 2.53 bits per heavy atom. The molecule has 102 valence electrons. The van der Waals surface area contributed by atoms with E-state index in [1.54, 1.807) is 13.2 Å². The molecule has 0 unspecified atom stereocenters. The molecule has 1 aromatic heterocycles. The van der Waals surface area contributed by atoms with Crippen LogP contribution in [0, 0.1) is 0 Å². The maximum atomic E-state index is 12.5. The third-order valence-electron chi connectivity index (χ3n) is 2.41. The Bertz CT molecular complexity index is 606. The summed E-state index contributed by atoms with van der Waals surface area (Å²) in [7, 11) is 1.68. The molecular weight excluding hydrogens is 281 g/mol. The molecule has 0 fully saturated rings. The van der Waals surface area contributed by atoms with Crippen molar-refractivity contribution in [1.29, 1.82) is 0 Å². The van der Waals surface area contributed by atoms with E-state index >= 15 is 0 Å². The van der Waals surface area contributed by atoms with Crippen molar-refractivity contribution in [1.82, 2.24) is 9.78 Å². The lowest BCUT2D eigenvalue weighted by molar-refractivity contribution is -0.137. The van der Waals surface area contributed by atoms with Gasteiger partial charge in [0.15, 0.2) is 5.82 Å². The number of hydrogen-bond donors (Lipinski definition) is 2. The van der Waals surface area contributed by atoms with Gasteiger partial charge in [0.05, 0.1) is 22.0 Å². The topological polar surface area (TPSA) is 55.9 Å². The van der Waals surface area contributed by atoms with Crippen LogP contribution in [0.2, 0.25) is 5.02 Å². The average molecular weight is 291 g/mol. The van der Waals surface area contributed by atoms with Crippen LogP contribution in [0.3, 0.4) is 0 Å². The van der Waals surface area contributed by atoms with Crippen molar-refractivity contribution in [2.45, 2.75) is 6.18 Å². The summed E-state index contributed by atoms with van der Waals surface area (Å²) in [6, 6.07) is 3.02. The van der Waals surface area contributed by atoms with Gasteiger partial charge in [-0.25, -0.2) is 0 Å². The van der Waals surface area contributed by atoms with Crippen LogP contribution in [0.25, 0.3) is 0 Å². The van der Waals surface area contributed by atoms with E-state index in [4.69, 9.17) is 17.3 Å². The molecule has 1 heterocycles. The zero-order valence-corrected chi connectivity index (χ0v) is 10.5. The number of aryl methyl sites for hydroxylation is 1. The molecule has 0 atom stereocenters. The predicted molar refractivity (Wildman–Crippen MR) is 67.4 cm³/mol. The van der Waals surface area contributed by atoms with E-state index in [0.717, 1.165) is 12.1 Å². The molecule has 1 aromatic carbocycles. The monoisotopic (exact) mass is 290 g/mol. The van der Waals surface area contributed by atoms with Crippen molar-refractivity contribution >= 4 is 28.8 Å². The van der Waals surface area contributed by atoms with Gasteiger partial charge in [-0.2, -0.15) is 18.3 Å². The number of anilines is 3. The summed E-state index contributed by atoms with van der Waals surface area (Å²) in [5.41, 5.74) is 5.54. The van der Waals surface area contributed by atoms with Gasteiger partial charge in [0.2, 0.25) is 0 Å². The van der Waals surface area contributed by atoms with Gasteiger partial charge in [-0.1, -0.05) is 11.6 Å². The lowest BCUT2D eigenvalue weighted by atomic mass is 10.2. The number of nitrogens with one attached hydrogen (secondary N) is 1. The van der Waals surface area contributed by atoms with Gasteiger partial charge in [0, 0.05) is 13.2 Å². The number of alkyl halides is 3. The second-order valence-corrected chi connectivity index (χ2v) is 4.33. The molecule has 0 aliphatic rings. The molecule has 0 saturated heterocycles. The van der Waals surface area contributed by atoms with Crippen LogP contribution in [-0.2, 0) is 13.2 Å². The zero-order valence-electron chi connectivity index (χ0n) is 9.79. The molecular formula is C11H10ClF3N4. The predicted octanol–water partition coefficient (Wildman–Crippen LogP) is 3.42. The zero-order chi connectivity index (χ0) is 14.2. The smallest absolute Gasteiger partial charge is 0.394 e. The summed E-state index contributed by atoms with van der Waals surface area (Å²) in [6.07, 6.45) is -2.85. The van der Waals surface area contributed by atoms with Crippen LogP contribution in [0.1, 0.15) is 5.56 Å². The highest BCUT2D eigenvalue weighted by molar-refractivity contribution is 6.33. The van der Waals surface area contributed by atoms with E-state index in [1.807, 2.05) is 0 Å². The quantitative estimate of drug-likeness (QED) is 0.891. The van der Waals surface area contributed by atoms with Crippen molar-refractivity contribution in [3.63, 3.8) is 0 Å². The number of nitrogens with zero attached hydrogens (tertiary/aromatic N) is 2. The fraction of sp³-hybridized carbons (Fsp3) is 0.182. The Hall–Kier alpha value is -1.89. The highest BCUT2D eigenvalue weighted by Gasteiger charge is 2.30. The Morgan fingerprint density at radius 2 is 2.05 bits per heavy atom. The molecule has 2 aromatic rings. The molecule has 2 rings (SSSR count). The molecule has 8 heteroatoms. The number of halogens is 4. The van der Waals surface area contributed by atoms with Gasteiger partial charge in [0.25, 0.3) is 0 Å². The van der Waals surface area contributed by atoms with Crippen LogP contribution in [-0.4, -0.2) is 9.78 Å². The number of nitrogen functional groups attached to an aromatic ring is 1. The molecule has 0 spiro atoms. The first-order chi connectivity index (χ1) is 8.77. The average Bonchev–Trinajstić information content (AvgIpc) is 2.59. The highest BCUT2D eigenvalue weighted by atomic mass is 35.5. The third kappa shape index (κ3) is 2.93. The molecule has 19 heavy (non-hydrogen) atoms. The van der Waals surface area contributed by atoms with Crippen LogP contribution < -0.4 is 11.1 Å². The number of nitrogens with two attached hydrogens (primary N) is 1. The lowest BCUT2D eigenvalue weighted by Gasteiger charge is -2.10. The summed E-state index contributed by atoms with van der Waals surface area (Å²) >= 11 is 5.81. The van der Waals surface area contributed by atoms with Gasteiger partial charge in [-0.3, -0.25) is 4.68 Å². The van der Waals surface area contributed by atoms with Gasteiger partial charge in [-0.05, 0) is 18.2 Å². The van der Waals surface area contributed by atoms with E-state index in [9.17, 15) is 13.2 Å². The second-order valence-electron chi connectivity index (χ2n) is 3.92. The SMILES string of the molecule is Cn1cc(N)c(Nc2ccc(C(F)(F)F)cc2Cl)n1. The van der Waals surface area contributed by atoms with E-state index in [-0.39, 0.29) is 5.02 Å². The Kier molecular flexibility index (Phi) is 3.32. The first kappa shape index (κ1) is 13.5. The highest BCUT2D eigenvalue weighted by Crippen LogP contribution is 2.35. The van der Waals surface area contributed by atoms with Crippen molar-refractivity contribution < 1.29 is 13.2 Å². The first-order valence-electron chi connectivity index (χ1n) is 5.20. The molecule has 4 nitrogen and oxygen atoms in total. The minimum atomic E-state index is -4.42. The lowest BCUT2D eigenvalue weighted by Crippen LogP contribution is -2.05. The van der Waals surface area contributed by atoms with E-state index in [1.165, 1.54) is 10.7 Å². The number of rotatable bonds is 2. The van der Waals surface area contributed by atoms with Crippen molar-refractivity contribution in [3.05, 3.63) is 35.0 Å². The standard InChI is InChI=1S/C11H10ClF3N4/c1-19-5-8(16)10(18-19)17-9-3-2-6(4-7(9)12)11(13,14)15/h2-5H,16H2,1H3,(H,17,18). The van der Waals surface area contributed by atoms with Crippen molar-refractivity contribution in [2.24, 2.45) is 7.05 Å². The van der Waals surface area contributed by atoms with Crippen LogP contribution in [0.4, 0.5) is 30.4 Å². The summed E-state index contributed by atoms with van der Waals surface area (Å²) < 4.78 is 38.9. The number of benzene rings is 1. The summed E-state index contributed by atoms with van der Waals surface area (Å²) in [5.74, 6) is 0.337. The van der Waals surface area contributed by atoms with Crippen molar-refractivity contribution in [2.75, 3.05) is 11.1 Å². The van der Waals surface area contributed by atoms with Crippen LogP contribution in [0.5, 0.6) is 0 Å². The maximum Gasteiger partial charge on any atom is 0.416 e. The van der Waals surface area contributed by atoms with Gasteiger partial charge in [-0.15, -0.1) is 0 Å². The third-order valence-corrected chi connectivity index (χ3v) is 2.72. The summed E-state index contributed by atoms with van der Waals surface area (Å²) in [5, 5.41) is 6.75. The fourth-order valence-corrected chi connectivity index (χ4v) is 1.75. The van der Waals surface area contributed by atoms with Crippen LogP contribution >= 0.6 is 11.6 Å². The molecule has 0 bridgehead atoms. The normalized spacial score (nSPS) is 11.6. The second kappa shape index (κ2) is 4.65. The minimum Gasteiger partial charge on any atom is -0.394 e. The first-order valence-corrected chi connectivity index (χ1v) is 5.58. The molecule has 0 radical (unpaired) electrons. The Balaban J connectivity index is 2.30. The van der Waals surface area contributed by atoms with E-state index < -0.39 is 11.7 Å². The van der Waals surface area contributed by atoms with Gasteiger partial charge in [0.1, 0.15) is 0 Å². The Labute approximate surface area is 112 Å². The largest absolute Gasteiger partial charge is 0.416 e. The number of aromatic nitrogens is 2.